The van der Waals surface area contributed by atoms with Gasteiger partial charge in [0.15, 0.2) is 0 Å². The average Bonchev–Trinajstić information content (AvgIpc) is 2.36. The molecule has 0 bridgehead atoms. The summed E-state index contributed by atoms with van der Waals surface area (Å²) in [7, 11) is 0. The van der Waals surface area contributed by atoms with Gasteiger partial charge in [-0.2, -0.15) is 0 Å². The summed E-state index contributed by atoms with van der Waals surface area (Å²) in [6, 6.07) is 0. The molecule has 122 valence electrons. The highest BCUT2D eigenvalue weighted by molar-refractivity contribution is 5.83. The molecule has 0 aliphatic carbocycles. The Morgan fingerprint density at radius 1 is 0.773 bits per heavy atom. The number of carbonyl (C=O) groups is 3. The maximum atomic E-state index is 11.7. The Hall–Kier alpha value is -2.11. The summed E-state index contributed by atoms with van der Waals surface area (Å²) >= 11 is 0. The van der Waals surface area contributed by atoms with E-state index in [0.29, 0.717) is 12.8 Å². The van der Waals surface area contributed by atoms with Crippen LogP contribution in [0.1, 0.15) is 40.0 Å². The third-order valence-corrected chi connectivity index (χ3v) is 2.87. The molecule has 0 amide bonds. The molecule has 1 heterocycles. The van der Waals surface area contributed by atoms with Crippen LogP contribution >= 0.6 is 0 Å². The normalized spacial score (nSPS) is 28.7. The molecular formula is C16H22O6. The van der Waals surface area contributed by atoms with Crippen LogP contribution < -0.4 is 0 Å². The second-order valence-corrected chi connectivity index (χ2v) is 5.28. The molecule has 0 aromatic heterocycles. The molecule has 0 N–H and O–H groups in total. The summed E-state index contributed by atoms with van der Waals surface area (Å²) in [5.74, 6) is -1.46. The van der Waals surface area contributed by atoms with Gasteiger partial charge >= 0.3 is 17.9 Å². The van der Waals surface area contributed by atoms with Crippen LogP contribution in [0.15, 0.2) is 24.3 Å². The Morgan fingerprint density at radius 3 is 1.77 bits per heavy atom. The second-order valence-electron chi connectivity index (χ2n) is 5.28. The first-order chi connectivity index (χ1) is 10.4. The van der Waals surface area contributed by atoms with Crippen molar-refractivity contribution in [1.29, 1.82) is 0 Å². The Kier molecular flexibility index (Phi) is 7.36. The fraction of sp³-hybridized carbons (Fsp3) is 0.562. The minimum absolute atomic E-state index is 0.00786. The summed E-state index contributed by atoms with van der Waals surface area (Å²) in [6.45, 7) is 5.08. The quantitative estimate of drug-likeness (QED) is 0.503. The molecule has 3 atom stereocenters. The molecule has 0 aromatic rings. The van der Waals surface area contributed by atoms with E-state index >= 15 is 0 Å². The molecule has 0 fully saturated rings. The summed E-state index contributed by atoms with van der Waals surface area (Å²) in [5, 5.41) is 0. The predicted molar refractivity (Wildman–Crippen MR) is 78.8 cm³/mol. The third-order valence-electron chi connectivity index (χ3n) is 2.87. The van der Waals surface area contributed by atoms with Gasteiger partial charge in [0.2, 0.25) is 0 Å². The van der Waals surface area contributed by atoms with Gasteiger partial charge in [-0.3, -0.25) is 4.79 Å². The second kappa shape index (κ2) is 9.02. The molecule has 0 radical (unpaired) electrons. The van der Waals surface area contributed by atoms with Crippen LogP contribution in [0.3, 0.4) is 0 Å². The van der Waals surface area contributed by atoms with E-state index in [2.05, 4.69) is 0 Å². The Morgan fingerprint density at radius 2 is 1.23 bits per heavy atom. The monoisotopic (exact) mass is 310 g/mol. The minimum Gasteiger partial charge on any atom is -0.462 e. The van der Waals surface area contributed by atoms with Crippen molar-refractivity contribution in [2.45, 2.75) is 58.3 Å². The minimum atomic E-state index is -0.560. The molecule has 0 saturated carbocycles. The molecule has 22 heavy (non-hydrogen) atoms. The highest BCUT2D eigenvalue weighted by Crippen LogP contribution is 2.07. The topological polar surface area (TPSA) is 78.9 Å². The smallest absolute Gasteiger partial charge is 0.330 e. The molecule has 6 heteroatoms. The number of esters is 3. The summed E-state index contributed by atoms with van der Waals surface area (Å²) in [6.07, 6.45) is 5.28. The van der Waals surface area contributed by atoms with Crippen LogP contribution in [-0.4, -0.2) is 36.2 Å². The number of hydrogen-bond donors (Lipinski definition) is 0. The van der Waals surface area contributed by atoms with Gasteiger partial charge in [0.25, 0.3) is 0 Å². The maximum absolute atomic E-state index is 11.7. The van der Waals surface area contributed by atoms with Gasteiger partial charge in [0, 0.05) is 25.0 Å². The van der Waals surface area contributed by atoms with Crippen molar-refractivity contribution in [2.24, 2.45) is 0 Å². The van der Waals surface area contributed by atoms with E-state index in [9.17, 15) is 14.4 Å². The highest BCUT2D eigenvalue weighted by atomic mass is 16.6. The van der Waals surface area contributed by atoms with E-state index in [0.717, 1.165) is 0 Å². The molecule has 1 aliphatic heterocycles. The van der Waals surface area contributed by atoms with Crippen molar-refractivity contribution in [3.8, 4) is 0 Å². The van der Waals surface area contributed by atoms with Gasteiger partial charge in [-0.25, -0.2) is 9.59 Å². The lowest BCUT2D eigenvalue weighted by Gasteiger charge is -2.15. The zero-order valence-corrected chi connectivity index (χ0v) is 13.1. The summed E-state index contributed by atoms with van der Waals surface area (Å²) in [5.41, 5.74) is 0. The first-order valence-electron chi connectivity index (χ1n) is 7.30. The van der Waals surface area contributed by atoms with Crippen LogP contribution in [0, 0.1) is 0 Å². The van der Waals surface area contributed by atoms with Crippen LogP contribution in [0.2, 0.25) is 0 Å². The largest absolute Gasteiger partial charge is 0.462 e. The van der Waals surface area contributed by atoms with Crippen molar-refractivity contribution < 1.29 is 28.6 Å². The molecule has 0 unspecified atom stereocenters. The standard InChI is InChI=1S/C16H22O6/c1-11-6-4-9-15(18)22-13(3)10-16(19)21-12(2)7-5-8-14(17)20-11/h4-5,8-9,11-13H,6-7,10H2,1-3H3/t11-,12-,13-/m0/s1. The van der Waals surface area contributed by atoms with E-state index in [1.807, 2.05) is 0 Å². The Labute approximate surface area is 130 Å². The molecule has 6 nitrogen and oxygen atoms in total. The number of ether oxygens (including phenoxy) is 3. The predicted octanol–water partition coefficient (Wildman–Crippen LogP) is 2.08. The van der Waals surface area contributed by atoms with Crippen LogP contribution in [0.5, 0.6) is 0 Å². The van der Waals surface area contributed by atoms with E-state index in [1.165, 1.54) is 12.2 Å². The van der Waals surface area contributed by atoms with Gasteiger partial charge in [-0.1, -0.05) is 12.2 Å². The van der Waals surface area contributed by atoms with Crippen molar-refractivity contribution in [2.75, 3.05) is 0 Å². The zero-order chi connectivity index (χ0) is 16.5. The SMILES string of the molecule is C[C@H]1CC=CC(=O)O[C@@H](C)CC(=O)O[C@@H](C)CC=CC(=O)O1. The fourth-order valence-corrected chi connectivity index (χ4v) is 1.83. The number of carbonyl (C=O) groups excluding carboxylic acids is 3. The number of cyclic esters (lactones) is 3. The maximum Gasteiger partial charge on any atom is 0.330 e. The lowest BCUT2D eigenvalue weighted by atomic mass is 10.2. The van der Waals surface area contributed by atoms with E-state index in [-0.39, 0.29) is 18.6 Å². The van der Waals surface area contributed by atoms with Gasteiger partial charge in [0.05, 0.1) is 6.42 Å². The summed E-state index contributed by atoms with van der Waals surface area (Å²) in [4.78, 5) is 34.7. The van der Waals surface area contributed by atoms with Gasteiger partial charge in [-0.15, -0.1) is 0 Å². The van der Waals surface area contributed by atoms with Crippen LogP contribution in [0.4, 0.5) is 0 Å². The van der Waals surface area contributed by atoms with Gasteiger partial charge in [-0.05, 0) is 20.8 Å². The first-order valence-corrected chi connectivity index (χ1v) is 7.30. The molecule has 1 rings (SSSR count). The average molecular weight is 310 g/mol. The Bertz CT molecular complexity index is 465. The van der Waals surface area contributed by atoms with Crippen molar-refractivity contribution in [3.63, 3.8) is 0 Å². The lowest BCUT2D eigenvalue weighted by Crippen LogP contribution is -2.22. The van der Waals surface area contributed by atoms with E-state index in [1.54, 1.807) is 32.9 Å². The molecule has 0 saturated heterocycles. The summed E-state index contributed by atoms with van der Waals surface area (Å²) < 4.78 is 15.4. The highest BCUT2D eigenvalue weighted by Gasteiger charge is 2.16. The Balaban J connectivity index is 2.73. The van der Waals surface area contributed by atoms with Crippen molar-refractivity contribution in [1.82, 2.24) is 0 Å². The van der Waals surface area contributed by atoms with Crippen molar-refractivity contribution >= 4 is 17.9 Å². The fourth-order valence-electron chi connectivity index (χ4n) is 1.83. The zero-order valence-electron chi connectivity index (χ0n) is 13.1. The third kappa shape index (κ3) is 7.61. The van der Waals surface area contributed by atoms with E-state index in [4.69, 9.17) is 14.2 Å². The first kappa shape index (κ1) is 17.9. The lowest BCUT2D eigenvalue weighted by molar-refractivity contribution is -0.154. The van der Waals surface area contributed by atoms with Gasteiger partial charge in [0.1, 0.15) is 18.3 Å². The molecule has 1 aliphatic rings. The molecular weight excluding hydrogens is 288 g/mol. The number of rotatable bonds is 0. The molecule has 0 aromatic carbocycles. The van der Waals surface area contributed by atoms with Crippen molar-refractivity contribution in [3.05, 3.63) is 24.3 Å². The van der Waals surface area contributed by atoms with Gasteiger partial charge < -0.3 is 14.2 Å². The number of hydrogen-bond acceptors (Lipinski definition) is 6. The van der Waals surface area contributed by atoms with E-state index < -0.39 is 24.0 Å². The van der Waals surface area contributed by atoms with Crippen LogP contribution in [-0.2, 0) is 28.6 Å². The van der Waals surface area contributed by atoms with Crippen LogP contribution in [0.25, 0.3) is 0 Å². The molecule has 0 spiro atoms.